The summed E-state index contributed by atoms with van der Waals surface area (Å²) >= 11 is 6.00. The molecular weight excluding hydrogens is 316 g/mol. The predicted molar refractivity (Wildman–Crippen MR) is 91.1 cm³/mol. The highest BCUT2D eigenvalue weighted by Crippen LogP contribution is 2.36. The highest BCUT2D eigenvalue weighted by Gasteiger charge is 2.16. The molecule has 0 aliphatic rings. The molecule has 0 aliphatic carbocycles. The maximum absolute atomic E-state index is 11.7. The van der Waals surface area contributed by atoms with E-state index in [0.717, 1.165) is 11.1 Å². The molecular formula is C18H17ClO4. The van der Waals surface area contributed by atoms with Crippen molar-refractivity contribution in [2.45, 2.75) is 13.8 Å². The fourth-order valence-corrected chi connectivity index (χ4v) is 2.51. The fourth-order valence-electron chi connectivity index (χ4n) is 2.30. The molecule has 0 heterocycles. The van der Waals surface area contributed by atoms with Crippen LogP contribution in [0, 0.1) is 13.8 Å². The number of aryl methyl sites for hydroxylation is 2. The zero-order chi connectivity index (χ0) is 17.1. The number of rotatable bonds is 4. The Hall–Kier alpha value is -2.46. The van der Waals surface area contributed by atoms with E-state index in [-0.39, 0.29) is 22.6 Å². The molecule has 0 spiro atoms. The molecule has 2 N–H and O–H groups in total. The first-order valence-corrected chi connectivity index (χ1v) is 7.30. The second-order valence-corrected chi connectivity index (χ2v) is 5.66. The Balaban J connectivity index is 2.68. The van der Waals surface area contributed by atoms with Crippen LogP contribution in [0.2, 0.25) is 5.02 Å². The zero-order valence-electron chi connectivity index (χ0n) is 13.1. The van der Waals surface area contributed by atoms with Gasteiger partial charge in [0.2, 0.25) is 0 Å². The average Bonchev–Trinajstić information content (AvgIpc) is 2.50. The number of aliphatic carboxylic acids is 1. The number of methoxy groups -OCH3 is 1. The number of carboxylic acid groups (broad SMARTS) is 1. The molecule has 5 heteroatoms. The molecule has 0 saturated heterocycles. The van der Waals surface area contributed by atoms with E-state index in [2.05, 4.69) is 0 Å². The van der Waals surface area contributed by atoms with Crippen LogP contribution < -0.4 is 4.74 Å². The van der Waals surface area contributed by atoms with Crippen molar-refractivity contribution in [3.63, 3.8) is 0 Å². The summed E-state index contributed by atoms with van der Waals surface area (Å²) in [7, 11) is 1.40. The molecule has 0 unspecified atom stereocenters. The van der Waals surface area contributed by atoms with E-state index in [1.165, 1.54) is 25.3 Å². The highest BCUT2D eigenvalue weighted by molar-refractivity contribution is 6.31. The molecule has 0 bridgehead atoms. The molecule has 0 radical (unpaired) electrons. The number of halogens is 1. The van der Waals surface area contributed by atoms with Gasteiger partial charge >= 0.3 is 5.97 Å². The lowest BCUT2D eigenvalue weighted by atomic mass is 9.96. The number of hydrogen-bond acceptors (Lipinski definition) is 3. The van der Waals surface area contributed by atoms with Crippen LogP contribution in [-0.4, -0.2) is 23.3 Å². The molecule has 0 aliphatic heterocycles. The summed E-state index contributed by atoms with van der Waals surface area (Å²) in [5.74, 6) is -1.05. The van der Waals surface area contributed by atoms with Gasteiger partial charge in [-0.3, -0.25) is 0 Å². The summed E-state index contributed by atoms with van der Waals surface area (Å²) in [4.78, 5) is 11.7. The molecule has 0 atom stereocenters. The molecule has 23 heavy (non-hydrogen) atoms. The second kappa shape index (κ2) is 6.75. The van der Waals surface area contributed by atoms with Gasteiger partial charge in [-0.15, -0.1) is 0 Å². The fraction of sp³-hybridized carbons (Fsp3) is 0.167. The Morgan fingerprint density at radius 3 is 2.52 bits per heavy atom. The number of benzene rings is 2. The van der Waals surface area contributed by atoms with Gasteiger partial charge in [0, 0.05) is 16.7 Å². The Labute approximate surface area is 139 Å². The van der Waals surface area contributed by atoms with Gasteiger partial charge in [0.05, 0.1) is 12.7 Å². The maximum Gasteiger partial charge on any atom is 0.336 e. The standard InChI is InChI=1S/C18H17ClO4/c1-10-4-5-11(2)14(6-10)15(18(21)22)8-12-7-13(19)9-16(23-3)17(12)20/h4-9,20H,1-3H3,(H,21,22)/b15-8-. The third kappa shape index (κ3) is 3.66. The topological polar surface area (TPSA) is 66.8 Å². The summed E-state index contributed by atoms with van der Waals surface area (Å²) in [6.45, 7) is 3.73. The van der Waals surface area contributed by atoms with Crippen LogP contribution in [0.3, 0.4) is 0 Å². The largest absolute Gasteiger partial charge is 0.504 e. The quantitative estimate of drug-likeness (QED) is 0.647. The minimum atomic E-state index is -1.09. The van der Waals surface area contributed by atoms with Gasteiger partial charge in [-0.2, -0.15) is 0 Å². The lowest BCUT2D eigenvalue weighted by molar-refractivity contribution is -0.130. The summed E-state index contributed by atoms with van der Waals surface area (Å²) < 4.78 is 5.05. The lowest BCUT2D eigenvalue weighted by Gasteiger charge is -2.11. The van der Waals surface area contributed by atoms with E-state index in [1.807, 2.05) is 26.0 Å². The molecule has 0 aromatic heterocycles. The van der Waals surface area contributed by atoms with Gasteiger partial charge in [-0.25, -0.2) is 4.79 Å². The second-order valence-electron chi connectivity index (χ2n) is 5.23. The van der Waals surface area contributed by atoms with Gasteiger partial charge < -0.3 is 14.9 Å². The maximum atomic E-state index is 11.7. The van der Waals surface area contributed by atoms with Crippen molar-refractivity contribution >= 4 is 29.2 Å². The van der Waals surface area contributed by atoms with Gasteiger partial charge in [-0.1, -0.05) is 35.4 Å². The summed E-state index contributed by atoms with van der Waals surface area (Å²) in [6, 6.07) is 8.53. The van der Waals surface area contributed by atoms with E-state index in [1.54, 1.807) is 6.07 Å². The first kappa shape index (κ1) is 16.9. The summed E-state index contributed by atoms with van der Waals surface area (Å²) in [5.41, 5.74) is 2.73. The van der Waals surface area contributed by atoms with Crippen LogP contribution in [0.1, 0.15) is 22.3 Å². The van der Waals surface area contributed by atoms with Crippen LogP contribution in [0.25, 0.3) is 11.6 Å². The number of carbonyl (C=O) groups is 1. The molecule has 2 rings (SSSR count). The van der Waals surface area contributed by atoms with Gasteiger partial charge in [-0.05, 0) is 37.1 Å². The number of phenolic OH excluding ortho intramolecular Hbond substituents is 1. The van der Waals surface area contributed by atoms with Crippen LogP contribution in [0.15, 0.2) is 30.3 Å². The predicted octanol–water partition coefficient (Wildman–Crippen LogP) is 4.30. The molecule has 2 aromatic carbocycles. The number of aromatic hydroxyl groups is 1. The Kier molecular flexibility index (Phi) is 4.96. The van der Waals surface area contributed by atoms with Gasteiger partial charge in [0.25, 0.3) is 0 Å². The summed E-state index contributed by atoms with van der Waals surface area (Å²) in [6.07, 6.45) is 1.40. The average molecular weight is 333 g/mol. The van der Waals surface area contributed by atoms with E-state index in [0.29, 0.717) is 10.6 Å². The first-order chi connectivity index (χ1) is 10.8. The van der Waals surface area contributed by atoms with Crippen LogP contribution in [0.4, 0.5) is 0 Å². The van der Waals surface area contributed by atoms with E-state index in [4.69, 9.17) is 16.3 Å². The number of phenols is 1. The van der Waals surface area contributed by atoms with E-state index in [9.17, 15) is 15.0 Å². The Bertz CT molecular complexity index is 794. The van der Waals surface area contributed by atoms with Crippen molar-refractivity contribution in [3.05, 3.63) is 57.6 Å². The van der Waals surface area contributed by atoms with Crippen molar-refractivity contribution < 1.29 is 19.7 Å². The monoisotopic (exact) mass is 332 g/mol. The molecule has 0 amide bonds. The first-order valence-electron chi connectivity index (χ1n) is 6.92. The zero-order valence-corrected chi connectivity index (χ0v) is 13.8. The van der Waals surface area contributed by atoms with Crippen LogP contribution >= 0.6 is 11.6 Å². The summed E-state index contributed by atoms with van der Waals surface area (Å²) in [5, 5.41) is 20.1. The SMILES string of the molecule is COc1cc(Cl)cc(/C=C(\C(=O)O)c2cc(C)ccc2C)c1O. The van der Waals surface area contributed by atoms with Crippen molar-refractivity contribution in [1.82, 2.24) is 0 Å². The van der Waals surface area contributed by atoms with Crippen molar-refractivity contribution in [2.75, 3.05) is 7.11 Å². The van der Waals surface area contributed by atoms with Gasteiger partial charge in [0.15, 0.2) is 11.5 Å². The molecule has 2 aromatic rings. The highest BCUT2D eigenvalue weighted by atomic mass is 35.5. The number of ether oxygens (including phenoxy) is 1. The third-order valence-electron chi connectivity index (χ3n) is 3.50. The molecule has 4 nitrogen and oxygen atoms in total. The van der Waals surface area contributed by atoms with Crippen LogP contribution in [0.5, 0.6) is 11.5 Å². The lowest BCUT2D eigenvalue weighted by Crippen LogP contribution is -2.02. The smallest absolute Gasteiger partial charge is 0.336 e. The van der Waals surface area contributed by atoms with E-state index >= 15 is 0 Å². The Morgan fingerprint density at radius 1 is 1.22 bits per heavy atom. The number of carboxylic acids is 1. The normalized spacial score (nSPS) is 11.4. The van der Waals surface area contributed by atoms with Gasteiger partial charge in [0.1, 0.15) is 0 Å². The van der Waals surface area contributed by atoms with Crippen molar-refractivity contribution in [1.29, 1.82) is 0 Å². The van der Waals surface area contributed by atoms with Crippen LogP contribution in [-0.2, 0) is 4.79 Å². The Morgan fingerprint density at radius 2 is 1.91 bits per heavy atom. The third-order valence-corrected chi connectivity index (χ3v) is 3.72. The van der Waals surface area contributed by atoms with Crippen molar-refractivity contribution in [2.24, 2.45) is 0 Å². The molecule has 120 valence electrons. The van der Waals surface area contributed by atoms with E-state index < -0.39 is 5.97 Å². The molecule has 0 fully saturated rings. The molecule has 0 saturated carbocycles. The minimum absolute atomic E-state index is 0.0748. The van der Waals surface area contributed by atoms with Crippen molar-refractivity contribution in [3.8, 4) is 11.5 Å². The minimum Gasteiger partial charge on any atom is -0.504 e. The number of hydrogen-bond donors (Lipinski definition) is 2.